The maximum absolute atomic E-state index is 13.9. The van der Waals surface area contributed by atoms with Crippen LogP contribution in [-0.4, -0.2) is 53.6 Å². The molecule has 29 heavy (non-hydrogen) atoms. The monoisotopic (exact) mass is 509 g/mol. The van der Waals surface area contributed by atoms with Gasteiger partial charge in [-0.15, -0.1) is 24.0 Å². The number of imidazole rings is 1. The van der Waals surface area contributed by atoms with Gasteiger partial charge in [0.05, 0.1) is 11.0 Å². The lowest BCUT2D eigenvalue weighted by atomic mass is 10.3. The van der Waals surface area contributed by atoms with Gasteiger partial charge in [-0.3, -0.25) is 4.99 Å². The van der Waals surface area contributed by atoms with Gasteiger partial charge in [0.1, 0.15) is 5.82 Å². The van der Waals surface area contributed by atoms with Gasteiger partial charge >= 0.3 is 0 Å². The Bertz CT molecular complexity index is 941. The number of aromatic amines is 1. The fourth-order valence-electron chi connectivity index (χ4n) is 3.49. The third-order valence-electron chi connectivity index (χ3n) is 4.88. The molecule has 1 aliphatic rings. The van der Waals surface area contributed by atoms with E-state index in [1.165, 1.54) is 6.07 Å². The van der Waals surface area contributed by atoms with Crippen molar-refractivity contribution in [2.24, 2.45) is 4.99 Å². The molecule has 1 aliphatic heterocycles. The van der Waals surface area contributed by atoms with Gasteiger partial charge < -0.3 is 20.5 Å². The molecule has 9 heteroatoms. The molecule has 0 radical (unpaired) electrons. The van der Waals surface area contributed by atoms with Crippen molar-refractivity contribution in [1.82, 2.24) is 25.6 Å². The van der Waals surface area contributed by atoms with E-state index in [1.807, 2.05) is 29.2 Å². The molecule has 3 aromatic rings. The molecule has 3 heterocycles. The van der Waals surface area contributed by atoms with Crippen molar-refractivity contribution in [2.45, 2.75) is 18.9 Å². The third kappa shape index (κ3) is 5.14. The minimum atomic E-state index is -0.281. The SMILES string of the molecule is CN=C(NCCc1nc2ccccc2[nH]1)NC1CCN(c2ncccc2F)C1.I. The first kappa shape index (κ1) is 21.3. The van der Waals surface area contributed by atoms with E-state index in [1.54, 1.807) is 19.3 Å². The molecule has 1 unspecified atom stereocenters. The summed E-state index contributed by atoms with van der Waals surface area (Å²) >= 11 is 0. The second kappa shape index (κ2) is 9.86. The Morgan fingerprint density at radius 1 is 1.31 bits per heavy atom. The summed E-state index contributed by atoms with van der Waals surface area (Å²) in [6.07, 6.45) is 3.29. The number of H-pyrrole nitrogens is 1. The van der Waals surface area contributed by atoms with Crippen LogP contribution in [0.25, 0.3) is 11.0 Å². The maximum atomic E-state index is 13.9. The number of guanidine groups is 1. The molecule has 0 amide bonds. The molecule has 2 aromatic heterocycles. The highest BCUT2D eigenvalue weighted by Crippen LogP contribution is 2.20. The van der Waals surface area contributed by atoms with Crippen LogP contribution in [0.15, 0.2) is 47.6 Å². The molecular weight excluding hydrogens is 484 g/mol. The van der Waals surface area contributed by atoms with E-state index in [0.29, 0.717) is 18.9 Å². The summed E-state index contributed by atoms with van der Waals surface area (Å²) < 4.78 is 13.9. The summed E-state index contributed by atoms with van der Waals surface area (Å²) in [5, 5.41) is 6.74. The van der Waals surface area contributed by atoms with Crippen molar-refractivity contribution >= 4 is 46.8 Å². The van der Waals surface area contributed by atoms with Crippen LogP contribution in [0.2, 0.25) is 0 Å². The second-order valence-corrected chi connectivity index (χ2v) is 6.83. The van der Waals surface area contributed by atoms with E-state index in [0.717, 1.165) is 42.2 Å². The van der Waals surface area contributed by atoms with Crippen molar-refractivity contribution in [1.29, 1.82) is 0 Å². The summed E-state index contributed by atoms with van der Waals surface area (Å²) in [5.41, 5.74) is 2.03. The summed E-state index contributed by atoms with van der Waals surface area (Å²) in [6.45, 7) is 2.17. The van der Waals surface area contributed by atoms with Crippen molar-refractivity contribution in [3.63, 3.8) is 0 Å². The van der Waals surface area contributed by atoms with E-state index in [2.05, 4.69) is 30.6 Å². The van der Waals surface area contributed by atoms with Gasteiger partial charge in [-0.05, 0) is 30.7 Å². The largest absolute Gasteiger partial charge is 0.356 e. The number of hydrogen-bond acceptors (Lipinski definition) is 4. The van der Waals surface area contributed by atoms with Crippen LogP contribution < -0.4 is 15.5 Å². The first-order valence-electron chi connectivity index (χ1n) is 9.49. The van der Waals surface area contributed by atoms with Crippen LogP contribution in [0.1, 0.15) is 12.2 Å². The number of para-hydroxylation sites is 2. The molecule has 0 bridgehead atoms. The number of aliphatic imine (C=N–C) groups is 1. The molecule has 1 aromatic carbocycles. The highest BCUT2D eigenvalue weighted by atomic mass is 127. The molecule has 154 valence electrons. The average molecular weight is 509 g/mol. The van der Waals surface area contributed by atoms with Crippen LogP contribution in [-0.2, 0) is 6.42 Å². The van der Waals surface area contributed by atoms with Crippen LogP contribution in [0.4, 0.5) is 10.2 Å². The Morgan fingerprint density at radius 2 is 2.17 bits per heavy atom. The minimum Gasteiger partial charge on any atom is -0.356 e. The Morgan fingerprint density at radius 3 is 2.97 bits per heavy atom. The molecule has 0 aliphatic carbocycles. The van der Waals surface area contributed by atoms with Crippen LogP contribution in [0.5, 0.6) is 0 Å². The lowest BCUT2D eigenvalue weighted by Crippen LogP contribution is -2.45. The van der Waals surface area contributed by atoms with Crippen molar-refractivity contribution < 1.29 is 4.39 Å². The Hall–Kier alpha value is -2.43. The minimum absolute atomic E-state index is 0. The van der Waals surface area contributed by atoms with Crippen molar-refractivity contribution in [3.8, 4) is 0 Å². The number of nitrogens with one attached hydrogen (secondary N) is 3. The van der Waals surface area contributed by atoms with Gasteiger partial charge in [0.25, 0.3) is 0 Å². The first-order valence-corrected chi connectivity index (χ1v) is 9.49. The summed E-state index contributed by atoms with van der Waals surface area (Å²) in [7, 11) is 1.75. The Labute approximate surface area is 186 Å². The molecule has 4 rings (SSSR count). The molecule has 1 fully saturated rings. The van der Waals surface area contributed by atoms with Gasteiger partial charge in [-0.25, -0.2) is 14.4 Å². The highest BCUT2D eigenvalue weighted by molar-refractivity contribution is 14.0. The lowest BCUT2D eigenvalue weighted by molar-refractivity contribution is 0.612. The Kier molecular flexibility index (Phi) is 7.24. The normalized spacial score (nSPS) is 16.7. The van der Waals surface area contributed by atoms with Gasteiger partial charge in [0, 0.05) is 45.3 Å². The fourth-order valence-corrected chi connectivity index (χ4v) is 3.49. The van der Waals surface area contributed by atoms with Gasteiger partial charge in [0.2, 0.25) is 0 Å². The first-order chi connectivity index (χ1) is 13.7. The molecule has 1 atom stereocenters. The summed E-state index contributed by atoms with van der Waals surface area (Å²) in [5.74, 6) is 1.82. The van der Waals surface area contributed by atoms with Gasteiger partial charge in [-0.1, -0.05) is 12.1 Å². The zero-order chi connectivity index (χ0) is 19.3. The lowest BCUT2D eigenvalue weighted by Gasteiger charge is -2.19. The van der Waals surface area contributed by atoms with E-state index < -0.39 is 0 Å². The summed E-state index contributed by atoms with van der Waals surface area (Å²) in [6, 6.07) is 11.3. The molecule has 0 saturated carbocycles. The average Bonchev–Trinajstić information content (AvgIpc) is 3.34. The number of fused-ring (bicyclic) bond motifs is 1. The Balaban J connectivity index is 0.00000240. The van der Waals surface area contributed by atoms with E-state index >= 15 is 0 Å². The van der Waals surface area contributed by atoms with E-state index in [-0.39, 0.29) is 35.8 Å². The van der Waals surface area contributed by atoms with Crippen molar-refractivity contribution in [2.75, 3.05) is 31.6 Å². The zero-order valence-electron chi connectivity index (χ0n) is 16.2. The van der Waals surface area contributed by atoms with Gasteiger partial charge in [-0.2, -0.15) is 0 Å². The number of hydrogen-bond donors (Lipinski definition) is 3. The molecular formula is C20H25FIN7. The number of nitrogens with zero attached hydrogens (tertiary/aromatic N) is 4. The second-order valence-electron chi connectivity index (χ2n) is 6.83. The van der Waals surface area contributed by atoms with E-state index in [4.69, 9.17) is 0 Å². The quantitative estimate of drug-likeness (QED) is 0.280. The zero-order valence-corrected chi connectivity index (χ0v) is 18.6. The van der Waals surface area contributed by atoms with E-state index in [9.17, 15) is 4.39 Å². The standard InChI is InChI=1S/C20H24FN7.HI/c1-22-20(24-11-8-18-26-16-6-2-3-7-17(16)27-18)25-14-9-12-28(13-14)19-15(21)5-4-10-23-19;/h2-7,10,14H,8-9,11-13H2,1H3,(H,26,27)(H2,22,24,25);1H. The number of benzene rings is 1. The van der Waals surface area contributed by atoms with Gasteiger partial charge in [0.15, 0.2) is 17.6 Å². The maximum Gasteiger partial charge on any atom is 0.191 e. The molecule has 1 saturated heterocycles. The molecule has 3 N–H and O–H groups in total. The number of aromatic nitrogens is 3. The number of anilines is 1. The number of rotatable bonds is 5. The van der Waals surface area contributed by atoms with Crippen LogP contribution in [0.3, 0.4) is 0 Å². The molecule has 7 nitrogen and oxygen atoms in total. The summed E-state index contributed by atoms with van der Waals surface area (Å²) in [4.78, 5) is 18.3. The smallest absolute Gasteiger partial charge is 0.191 e. The number of pyridine rings is 1. The van der Waals surface area contributed by atoms with Crippen LogP contribution >= 0.6 is 24.0 Å². The fraction of sp³-hybridized carbons (Fsp3) is 0.350. The predicted molar refractivity (Wildman–Crippen MR) is 125 cm³/mol. The molecule has 0 spiro atoms. The predicted octanol–water partition coefficient (Wildman–Crippen LogP) is 2.70. The highest BCUT2D eigenvalue weighted by Gasteiger charge is 2.25. The van der Waals surface area contributed by atoms with Crippen molar-refractivity contribution in [3.05, 3.63) is 54.2 Å². The van der Waals surface area contributed by atoms with Crippen LogP contribution in [0, 0.1) is 5.82 Å². The number of halogens is 2. The topological polar surface area (TPSA) is 81.2 Å². The third-order valence-corrected chi connectivity index (χ3v) is 4.88.